The van der Waals surface area contributed by atoms with Crippen LogP contribution in [0.3, 0.4) is 0 Å². The molecule has 5 rings (SSSR count). The third-order valence-corrected chi connectivity index (χ3v) is 5.91. The second-order valence-corrected chi connectivity index (χ2v) is 7.89. The maximum Gasteiger partial charge on any atom is 0.416 e. The Balaban J connectivity index is 1.38. The minimum absolute atomic E-state index is 0.000709. The molecule has 172 valence electrons. The van der Waals surface area contributed by atoms with Crippen molar-refractivity contribution in [3.05, 3.63) is 89.0 Å². The van der Waals surface area contributed by atoms with Crippen molar-refractivity contribution in [2.45, 2.75) is 12.1 Å². The van der Waals surface area contributed by atoms with Crippen molar-refractivity contribution in [1.29, 1.82) is 0 Å². The van der Waals surface area contributed by atoms with Crippen molar-refractivity contribution in [2.24, 2.45) is 0 Å². The molecule has 9 heteroatoms. The Labute approximate surface area is 191 Å². The van der Waals surface area contributed by atoms with Gasteiger partial charge < -0.3 is 14.8 Å². The minimum Gasteiger partial charge on any atom is -0.478 e. The van der Waals surface area contributed by atoms with Crippen molar-refractivity contribution >= 4 is 28.8 Å². The highest BCUT2D eigenvalue weighted by Gasteiger charge is 2.32. The topological polar surface area (TPSA) is 91.4 Å². The summed E-state index contributed by atoms with van der Waals surface area (Å²) in [7, 11) is 0. The number of hydrogen-bond donors (Lipinski definition) is 3. The largest absolute Gasteiger partial charge is 0.478 e. The SMILES string of the molecule is O=C(Nc1[nH]c2cc(C(F)(F)F)ccc2c1C(=O)O)OCC1c2ccccc2-c2ccccc21. The number of alkyl halides is 3. The van der Waals surface area contributed by atoms with E-state index >= 15 is 0 Å². The molecule has 0 saturated carbocycles. The van der Waals surface area contributed by atoms with Crippen molar-refractivity contribution in [2.75, 3.05) is 11.9 Å². The first-order chi connectivity index (χ1) is 16.2. The van der Waals surface area contributed by atoms with E-state index in [4.69, 9.17) is 4.74 Å². The summed E-state index contributed by atoms with van der Waals surface area (Å²) in [5, 5.41) is 12.0. The number of carbonyl (C=O) groups excluding carboxylic acids is 1. The van der Waals surface area contributed by atoms with Gasteiger partial charge in [0.15, 0.2) is 0 Å². The summed E-state index contributed by atoms with van der Waals surface area (Å²) < 4.78 is 44.5. The highest BCUT2D eigenvalue weighted by Crippen LogP contribution is 2.44. The lowest BCUT2D eigenvalue weighted by atomic mass is 9.98. The number of fused-ring (bicyclic) bond motifs is 4. The van der Waals surface area contributed by atoms with Crippen molar-refractivity contribution < 1.29 is 32.6 Å². The summed E-state index contributed by atoms with van der Waals surface area (Å²) in [6.45, 7) is 0.000709. The van der Waals surface area contributed by atoms with E-state index < -0.39 is 23.8 Å². The molecule has 0 saturated heterocycles. The molecular formula is C25H17F3N2O4. The molecule has 0 aliphatic heterocycles. The lowest BCUT2D eigenvalue weighted by Crippen LogP contribution is -2.19. The average Bonchev–Trinajstić information content (AvgIpc) is 3.32. The molecule has 1 amide bonds. The Morgan fingerprint density at radius 1 is 0.971 bits per heavy atom. The number of nitrogens with one attached hydrogen (secondary N) is 2. The van der Waals surface area contributed by atoms with Crippen LogP contribution in [-0.2, 0) is 10.9 Å². The number of benzene rings is 3. The second-order valence-electron chi connectivity index (χ2n) is 7.89. The fourth-order valence-corrected chi connectivity index (χ4v) is 4.43. The number of amides is 1. The maximum absolute atomic E-state index is 13.0. The summed E-state index contributed by atoms with van der Waals surface area (Å²) >= 11 is 0. The van der Waals surface area contributed by atoms with E-state index in [1.54, 1.807) is 0 Å². The molecule has 1 aromatic heterocycles. The first-order valence-corrected chi connectivity index (χ1v) is 10.3. The fourth-order valence-electron chi connectivity index (χ4n) is 4.43. The van der Waals surface area contributed by atoms with Gasteiger partial charge in [0.1, 0.15) is 18.0 Å². The standard InChI is InChI=1S/C25H17F3N2O4/c26-25(27,28)13-9-10-18-20(11-13)29-22(21(18)23(31)32)30-24(33)34-12-19-16-7-3-1-5-14(16)15-6-2-4-8-17(15)19/h1-11,19,29H,12H2,(H,30,33)(H,31,32). The first kappa shape index (κ1) is 21.6. The lowest BCUT2D eigenvalue weighted by molar-refractivity contribution is -0.137. The van der Waals surface area contributed by atoms with Crippen LogP contribution in [-0.4, -0.2) is 28.8 Å². The van der Waals surface area contributed by atoms with E-state index in [0.717, 1.165) is 40.5 Å². The molecule has 1 aliphatic rings. The molecule has 1 heterocycles. The van der Waals surface area contributed by atoms with Gasteiger partial charge in [0.25, 0.3) is 0 Å². The quantitative estimate of drug-likeness (QED) is 0.332. The lowest BCUT2D eigenvalue weighted by Gasteiger charge is -2.14. The summed E-state index contributed by atoms with van der Waals surface area (Å²) in [6.07, 6.45) is -5.52. The van der Waals surface area contributed by atoms with Crippen molar-refractivity contribution in [3.8, 4) is 11.1 Å². The van der Waals surface area contributed by atoms with Gasteiger partial charge in [-0.3, -0.25) is 5.32 Å². The van der Waals surface area contributed by atoms with Crippen LogP contribution in [0.2, 0.25) is 0 Å². The van der Waals surface area contributed by atoms with Gasteiger partial charge in [-0.25, -0.2) is 9.59 Å². The number of carboxylic acids is 1. The molecule has 3 N–H and O–H groups in total. The first-order valence-electron chi connectivity index (χ1n) is 10.3. The molecule has 6 nitrogen and oxygen atoms in total. The van der Waals surface area contributed by atoms with Gasteiger partial charge in [-0.1, -0.05) is 54.6 Å². The zero-order valence-electron chi connectivity index (χ0n) is 17.4. The van der Waals surface area contributed by atoms with E-state index in [-0.39, 0.29) is 34.8 Å². The third kappa shape index (κ3) is 3.64. The third-order valence-electron chi connectivity index (χ3n) is 5.91. The highest BCUT2D eigenvalue weighted by molar-refractivity contribution is 6.10. The summed E-state index contributed by atoms with van der Waals surface area (Å²) in [5.41, 5.74) is 2.76. The number of aromatic amines is 1. The van der Waals surface area contributed by atoms with Gasteiger partial charge >= 0.3 is 18.2 Å². The van der Waals surface area contributed by atoms with Crippen LogP contribution in [0.1, 0.15) is 33.0 Å². The zero-order valence-corrected chi connectivity index (χ0v) is 17.4. The number of carboxylic acid groups (broad SMARTS) is 1. The summed E-state index contributed by atoms with van der Waals surface area (Å²) in [4.78, 5) is 26.9. The Morgan fingerprint density at radius 3 is 2.18 bits per heavy atom. The molecule has 0 unspecified atom stereocenters. The number of aromatic carboxylic acids is 1. The number of H-pyrrole nitrogens is 1. The Hall–Kier alpha value is -4.27. The number of ether oxygens (including phenoxy) is 1. The minimum atomic E-state index is -4.59. The second kappa shape index (κ2) is 7.95. The Kier molecular flexibility index (Phi) is 5.04. The van der Waals surface area contributed by atoms with E-state index in [9.17, 15) is 27.9 Å². The molecular weight excluding hydrogens is 449 g/mol. The number of rotatable bonds is 4. The van der Waals surface area contributed by atoms with Crippen LogP contribution in [0.25, 0.3) is 22.0 Å². The van der Waals surface area contributed by atoms with Gasteiger partial charge in [-0.2, -0.15) is 13.2 Å². The molecule has 4 aromatic rings. The van der Waals surface area contributed by atoms with Crippen LogP contribution >= 0.6 is 0 Å². The van der Waals surface area contributed by atoms with Crippen molar-refractivity contribution in [3.63, 3.8) is 0 Å². The number of aromatic nitrogens is 1. The molecule has 0 bridgehead atoms. The Morgan fingerprint density at radius 2 is 1.59 bits per heavy atom. The van der Waals surface area contributed by atoms with Gasteiger partial charge in [0.2, 0.25) is 0 Å². The predicted octanol–water partition coefficient (Wildman–Crippen LogP) is 6.25. The summed E-state index contributed by atoms with van der Waals surface area (Å²) in [6, 6.07) is 18.2. The highest BCUT2D eigenvalue weighted by atomic mass is 19.4. The Bertz CT molecular complexity index is 1400. The van der Waals surface area contributed by atoms with E-state index in [0.29, 0.717) is 0 Å². The van der Waals surface area contributed by atoms with Crippen LogP contribution in [0, 0.1) is 0 Å². The van der Waals surface area contributed by atoms with E-state index in [1.165, 1.54) is 0 Å². The van der Waals surface area contributed by atoms with E-state index in [2.05, 4.69) is 10.3 Å². The number of hydrogen-bond acceptors (Lipinski definition) is 3. The maximum atomic E-state index is 13.0. The number of anilines is 1. The predicted molar refractivity (Wildman–Crippen MR) is 119 cm³/mol. The fraction of sp³-hybridized carbons (Fsp3) is 0.120. The zero-order chi connectivity index (χ0) is 24.0. The van der Waals surface area contributed by atoms with Gasteiger partial charge in [0.05, 0.1) is 5.56 Å². The van der Waals surface area contributed by atoms with Crippen molar-refractivity contribution in [1.82, 2.24) is 4.98 Å². The molecule has 34 heavy (non-hydrogen) atoms. The van der Waals surface area contributed by atoms with E-state index in [1.807, 2.05) is 48.5 Å². The monoisotopic (exact) mass is 466 g/mol. The molecule has 0 radical (unpaired) electrons. The summed E-state index contributed by atoms with van der Waals surface area (Å²) in [5.74, 6) is -1.85. The molecule has 0 fully saturated rings. The number of carbonyl (C=O) groups is 2. The molecule has 0 spiro atoms. The van der Waals surface area contributed by atoms with Crippen LogP contribution in [0.4, 0.5) is 23.8 Å². The average molecular weight is 466 g/mol. The molecule has 1 aliphatic carbocycles. The normalized spacial score (nSPS) is 12.9. The molecule has 0 atom stereocenters. The van der Waals surface area contributed by atoms with Gasteiger partial charge in [-0.15, -0.1) is 0 Å². The van der Waals surface area contributed by atoms with Crippen LogP contribution < -0.4 is 5.32 Å². The number of halogens is 3. The van der Waals surface area contributed by atoms with Gasteiger partial charge in [0, 0.05) is 16.8 Å². The van der Waals surface area contributed by atoms with Crippen LogP contribution in [0.5, 0.6) is 0 Å². The van der Waals surface area contributed by atoms with Crippen LogP contribution in [0.15, 0.2) is 66.7 Å². The van der Waals surface area contributed by atoms with Gasteiger partial charge in [-0.05, 0) is 34.4 Å². The smallest absolute Gasteiger partial charge is 0.416 e. The molecule has 3 aromatic carbocycles.